The highest BCUT2D eigenvalue weighted by Gasteiger charge is 2.04. The average molecular weight is 196 g/mol. The van der Waals surface area contributed by atoms with Gasteiger partial charge in [0.25, 0.3) is 0 Å². The summed E-state index contributed by atoms with van der Waals surface area (Å²) in [6.07, 6.45) is 3.12. The van der Waals surface area contributed by atoms with Crippen molar-refractivity contribution in [3.05, 3.63) is 34.0 Å². The second-order valence-corrected chi connectivity index (χ2v) is 4.33. The van der Waals surface area contributed by atoms with Gasteiger partial charge in [0.1, 0.15) is 0 Å². The van der Waals surface area contributed by atoms with Crippen LogP contribution in [0.5, 0.6) is 0 Å². The van der Waals surface area contributed by atoms with Crippen molar-refractivity contribution < 1.29 is 0 Å². The molecule has 0 aromatic carbocycles. The summed E-state index contributed by atoms with van der Waals surface area (Å²) in [5, 5.41) is 2.09. The lowest BCUT2D eigenvalue weighted by Gasteiger charge is -2.10. The molecule has 3 heteroatoms. The fourth-order valence-electron chi connectivity index (χ4n) is 1.21. The Labute approximate surface area is 83.4 Å². The predicted molar refractivity (Wildman–Crippen MR) is 58.6 cm³/mol. The van der Waals surface area contributed by atoms with E-state index in [4.69, 9.17) is 5.84 Å². The lowest BCUT2D eigenvalue weighted by atomic mass is 10.1. The molecule has 0 spiro atoms. The number of hydrogen-bond acceptors (Lipinski definition) is 3. The molecule has 2 nitrogen and oxygen atoms in total. The van der Waals surface area contributed by atoms with Gasteiger partial charge in [0.2, 0.25) is 0 Å². The van der Waals surface area contributed by atoms with Gasteiger partial charge in [0.15, 0.2) is 0 Å². The van der Waals surface area contributed by atoms with Crippen molar-refractivity contribution in [2.24, 2.45) is 5.84 Å². The number of hydrogen-bond donors (Lipinski definition) is 2. The highest BCUT2D eigenvalue weighted by molar-refractivity contribution is 7.09. The Balaban J connectivity index is 2.55. The number of hydrazine groups is 1. The molecule has 3 N–H and O–H groups in total. The van der Waals surface area contributed by atoms with Crippen LogP contribution in [0.2, 0.25) is 0 Å². The van der Waals surface area contributed by atoms with E-state index in [1.807, 2.05) is 0 Å². The maximum absolute atomic E-state index is 5.45. The van der Waals surface area contributed by atoms with Gasteiger partial charge in [-0.15, -0.1) is 11.3 Å². The van der Waals surface area contributed by atoms with Crippen molar-refractivity contribution in [1.29, 1.82) is 0 Å². The van der Waals surface area contributed by atoms with Gasteiger partial charge >= 0.3 is 0 Å². The third-order valence-electron chi connectivity index (χ3n) is 1.75. The first-order chi connectivity index (χ1) is 6.22. The van der Waals surface area contributed by atoms with Gasteiger partial charge in [-0.25, -0.2) is 0 Å². The monoisotopic (exact) mass is 196 g/mol. The topological polar surface area (TPSA) is 38.0 Å². The summed E-state index contributed by atoms with van der Waals surface area (Å²) < 4.78 is 0. The fourth-order valence-corrected chi connectivity index (χ4v) is 1.98. The molecule has 1 atom stereocenters. The highest BCUT2D eigenvalue weighted by Crippen LogP contribution is 2.11. The third kappa shape index (κ3) is 3.72. The first-order valence-corrected chi connectivity index (χ1v) is 5.24. The van der Waals surface area contributed by atoms with E-state index in [1.165, 1.54) is 10.5 Å². The summed E-state index contributed by atoms with van der Waals surface area (Å²) in [7, 11) is 0. The molecule has 1 unspecified atom stereocenters. The first-order valence-electron chi connectivity index (χ1n) is 4.36. The molecule has 0 saturated heterocycles. The number of thiophene rings is 1. The summed E-state index contributed by atoms with van der Waals surface area (Å²) in [6.45, 7) is 4.16. The molecule has 0 saturated carbocycles. The molecule has 0 aliphatic carbocycles. The van der Waals surface area contributed by atoms with Crippen molar-refractivity contribution in [2.45, 2.75) is 26.3 Å². The molecule has 0 fully saturated rings. The van der Waals surface area contributed by atoms with E-state index in [-0.39, 0.29) is 6.04 Å². The van der Waals surface area contributed by atoms with Crippen LogP contribution in [0, 0.1) is 0 Å². The van der Waals surface area contributed by atoms with Gasteiger partial charge in [-0.05, 0) is 25.3 Å². The molecule has 1 rings (SSSR count). The van der Waals surface area contributed by atoms with Gasteiger partial charge in [0, 0.05) is 17.3 Å². The number of nitrogens with two attached hydrogens (primary N) is 1. The lowest BCUT2D eigenvalue weighted by Crippen LogP contribution is -2.35. The Morgan fingerprint density at radius 1 is 1.69 bits per heavy atom. The standard InChI is InChI=1S/C10H16N2S/c1-8(2)6-9(12-11)7-10-4-3-5-13-10/h3-6,9,12H,7,11H2,1-2H3. The van der Waals surface area contributed by atoms with E-state index in [9.17, 15) is 0 Å². The van der Waals surface area contributed by atoms with Crippen molar-refractivity contribution in [3.63, 3.8) is 0 Å². The minimum atomic E-state index is 0.253. The van der Waals surface area contributed by atoms with E-state index in [0.717, 1.165) is 6.42 Å². The summed E-state index contributed by atoms with van der Waals surface area (Å²) >= 11 is 1.77. The highest BCUT2D eigenvalue weighted by atomic mass is 32.1. The molecule has 72 valence electrons. The summed E-state index contributed by atoms with van der Waals surface area (Å²) in [6, 6.07) is 4.45. The Morgan fingerprint density at radius 2 is 2.46 bits per heavy atom. The van der Waals surface area contributed by atoms with Gasteiger partial charge in [-0.3, -0.25) is 11.3 Å². The van der Waals surface area contributed by atoms with Gasteiger partial charge in [-0.1, -0.05) is 17.7 Å². The quantitative estimate of drug-likeness (QED) is 0.439. The summed E-state index contributed by atoms with van der Waals surface area (Å²) in [4.78, 5) is 1.36. The van der Waals surface area contributed by atoms with Gasteiger partial charge in [-0.2, -0.15) is 0 Å². The Hall–Kier alpha value is -0.640. The van der Waals surface area contributed by atoms with Crippen LogP contribution >= 0.6 is 11.3 Å². The largest absolute Gasteiger partial charge is 0.271 e. The molecule has 1 heterocycles. The van der Waals surface area contributed by atoms with Gasteiger partial charge < -0.3 is 0 Å². The average Bonchev–Trinajstić information content (AvgIpc) is 2.55. The number of nitrogens with one attached hydrogen (secondary N) is 1. The van der Waals surface area contributed by atoms with Crippen molar-refractivity contribution >= 4 is 11.3 Å². The van der Waals surface area contributed by atoms with E-state index in [1.54, 1.807) is 11.3 Å². The first kappa shape index (κ1) is 10.4. The van der Waals surface area contributed by atoms with Crippen LogP contribution in [0.4, 0.5) is 0 Å². The molecular weight excluding hydrogens is 180 g/mol. The zero-order chi connectivity index (χ0) is 9.68. The van der Waals surface area contributed by atoms with Crippen LogP contribution < -0.4 is 11.3 Å². The van der Waals surface area contributed by atoms with Crippen LogP contribution in [0.1, 0.15) is 18.7 Å². The van der Waals surface area contributed by atoms with Crippen molar-refractivity contribution in [3.8, 4) is 0 Å². The molecule has 0 radical (unpaired) electrons. The third-order valence-corrected chi connectivity index (χ3v) is 2.65. The molecular formula is C10H16N2S. The predicted octanol–water partition coefficient (Wildman–Crippen LogP) is 2.09. The second kappa shape index (κ2) is 5.17. The molecule has 1 aromatic heterocycles. The van der Waals surface area contributed by atoms with E-state index in [0.29, 0.717) is 0 Å². The fraction of sp³-hybridized carbons (Fsp3) is 0.400. The molecule has 0 bridgehead atoms. The van der Waals surface area contributed by atoms with Crippen molar-refractivity contribution in [1.82, 2.24) is 5.43 Å². The zero-order valence-corrected chi connectivity index (χ0v) is 8.90. The zero-order valence-electron chi connectivity index (χ0n) is 8.08. The van der Waals surface area contributed by atoms with Crippen LogP contribution in [-0.2, 0) is 6.42 Å². The van der Waals surface area contributed by atoms with E-state index >= 15 is 0 Å². The van der Waals surface area contributed by atoms with Crippen LogP contribution in [-0.4, -0.2) is 6.04 Å². The lowest BCUT2D eigenvalue weighted by molar-refractivity contribution is 0.618. The van der Waals surface area contributed by atoms with Crippen molar-refractivity contribution in [2.75, 3.05) is 0 Å². The SMILES string of the molecule is CC(C)=CC(Cc1cccs1)NN. The minimum absolute atomic E-state index is 0.253. The number of allylic oxidation sites excluding steroid dienone is 1. The van der Waals surface area contributed by atoms with Crippen LogP contribution in [0.3, 0.4) is 0 Å². The van der Waals surface area contributed by atoms with Crippen LogP contribution in [0.15, 0.2) is 29.2 Å². The van der Waals surface area contributed by atoms with E-state index in [2.05, 4.69) is 42.9 Å². The second-order valence-electron chi connectivity index (χ2n) is 3.30. The molecule has 0 amide bonds. The maximum atomic E-state index is 5.45. The Morgan fingerprint density at radius 3 is 2.92 bits per heavy atom. The van der Waals surface area contributed by atoms with Gasteiger partial charge in [0.05, 0.1) is 0 Å². The maximum Gasteiger partial charge on any atom is 0.0441 e. The minimum Gasteiger partial charge on any atom is -0.271 e. The normalized spacial score (nSPS) is 12.5. The van der Waals surface area contributed by atoms with Crippen LogP contribution in [0.25, 0.3) is 0 Å². The molecule has 1 aromatic rings. The molecule has 0 aliphatic heterocycles. The Bertz CT molecular complexity index is 260. The Kier molecular flexibility index (Phi) is 4.15. The molecule has 13 heavy (non-hydrogen) atoms. The van der Waals surface area contributed by atoms with E-state index < -0.39 is 0 Å². The molecule has 0 aliphatic rings. The summed E-state index contributed by atoms with van der Waals surface area (Å²) in [5.41, 5.74) is 4.09. The number of rotatable bonds is 4. The summed E-state index contributed by atoms with van der Waals surface area (Å²) in [5.74, 6) is 5.45. The smallest absolute Gasteiger partial charge is 0.0441 e.